The Kier molecular flexibility index (Phi) is 4.35. The van der Waals surface area contributed by atoms with Gasteiger partial charge in [-0.1, -0.05) is 12.1 Å². The van der Waals surface area contributed by atoms with Crippen molar-refractivity contribution in [3.63, 3.8) is 0 Å². The third-order valence-corrected chi connectivity index (χ3v) is 3.22. The predicted octanol–water partition coefficient (Wildman–Crippen LogP) is 3.56. The van der Waals surface area contributed by atoms with Crippen LogP contribution in [0.4, 0.5) is 8.78 Å². The van der Waals surface area contributed by atoms with Gasteiger partial charge in [-0.2, -0.15) is 0 Å². The molecule has 0 amide bonds. The van der Waals surface area contributed by atoms with Gasteiger partial charge in [0.2, 0.25) is 0 Å². The van der Waals surface area contributed by atoms with Gasteiger partial charge < -0.3 is 9.84 Å². The third kappa shape index (κ3) is 3.14. The number of ether oxygens (including phenoxy) is 1. The summed E-state index contributed by atoms with van der Waals surface area (Å²) in [7, 11) is 1.58. The van der Waals surface area contributed by atoms with E-state index in [0.29, 0.717) is 11.1 Å². The molecular weight excluding hydrogens is 262 g/mol. The Bertz CT molecular complexity index is 611. The lowest BCUT2D eigenvalue weighted by Gasteiger charge is -2.13. The van der Waals surface area contributed by atoms with Crippen LogP contribution in [0.1, 0.15) is 22.8 Å². The van der Waals surface area contributed by atoms with Gasteiger partial charge in [-0.25, -0.2) is 8.78 Å². The number of hydrogen-bond acceptors (Lipinski definition) is 2. The number of hydrogen-bond donors (Lipinski definition) is 1. The zero-order valence-corrected chi connectivity index (χ0v) is 11.4. The molecule has 1 N–H and O–H groups in total. The zero-order chi connectivity index (χ0) is 14.7. The molecule has 2 aromatic carbocycles. The average molecular weight is 278 g/mol. The molecule has 0 saturated carbocycles. The van der Waals surface area contributed by atoms with Gasteiger partial charge in [0, 0.05) is 6.42 Å². The van der Waals surface area contributed by atoms with Gasteiger partial charge in [0.25, 0.3) is 0 Å². The molecule has 106 valence electrons. The normalized spacial score (nSPS) is 12.2. The van der Waals surface area contributed by atoms with E-state index >= 15 is 0 Å². The molecule has 0 aromatic heterocycles. The Morgan fingerprint density at radius 3 is 2.45 bits per heavy atom. The lowest BCUT2D eigenvalue weighted by Crippen LogP contribution is -2.03. The van der Waals surface area contributed by atoms with Crippen LogP contribution in [-0.2, 0) is 6.42 Å². The van der Waals surface area contributed by atoms with Crippen molar-refractivity contribution in [2.24, 2.45) is 0 Å². The minimum atomic E-state index is -0.902. The molecule has 0 radical (unpaired) electrons. The molecule has 0 bridgehead atoms. The number of aryl methyl sites for hydroxylation is 1. The minimum absolute atomic E-state index is 0.225. The first-order chi connectivity index (χ1) is 9.51. The number of benzene rings is 2. The number of rotatable bonds is 4. The second-order valence-electron chi connectivity index (χ2n) is 4.70. The maximum absolute atomic E-state index is 13.1. The fourth-order valence-corrected chi connectivity index (χ4v) is 2.12. The van der Waals surface area contributed by atoms with E-state index < -0.39 is 17.7 Å². The second-order valence-corrected chi connectivity index (χ2v) is 4.70. The molecule has 1 atom stereocenters. The molecule has 20 heavy (non-hydrogen) atoms. The highest BCUT2D eigenvalue weighted by atomic mass is 19.2. The van der Waals surface area contributed by atoms with Gasteiger partial charge in [-0.3, -0.25) is 0 Å². The maximum Gasteiger partial charge on any atom is 0.159 e. The highest BCUT2D eigenvalue weighted by molar-refractivity contribution is 5.37. The fraction of sp³-hybridized carbons (Fsp3) is 0.250. The molecule has 0 aliphatic heterocycles. The number of aliphatic hydroxyl groups excluding tert-OH is 1. The minimum Gasteiger partial charge on any atom is -0.496 e. The summed E-state index contributed by atoms with van der Waals surface area (Å²) in [5, 5.41) is 10.2. The number of halogens is 2. The Hall–Kier alpha value is -1.94. The van der Waals surface area contributed by atoms with Gasteiger partial charge in [0.05, 0.1) is 13.2 Å². The molecule has 2 aromatic rings. The van der Waals surface area contributed by atoms with Crippen LogP contribution in [0.15, 0.2) is 36.4 Å². The highest BCUT2D eigenvalue weighted by Gasteiger charge is 2.12. The molecule has 4 heteroatoms. The summed E-state index contributed by atoms with van der Waals surface area (Å²) in [5.74, 6) is -1.04. The first-order valence-corrected chi connectivity index (χ1v) is 6.28. The SMILES string of the molecule is COc1ccc(C(O)Cc2ccc(F)c(F)c2)cc1C. The second kappa shape index (κ2) is 6.01. The Balaban J connectivity index is 2.17. The lowest BCUT2D eigenvalue weighted by atomic mass is 9.99. The molecule has 0 spiro atoms. The fourth-order valence-electron chi connectivity index (χ4n) is 2.12. The Morgan fingerprint density at radius 1 is 1.10 bits per heavy atom. The maximum atomic E-state index is 13.1. The smallest absolute Gasteiger partial charge is 0.159 e. The molecule has 1 unspecified atom stereocenters. The van der Waals surface area contributed by atoms with Gasteiger partial charge >= 0.3 is 0 Å². The molecule has 0 saturated heterocycles. The first kappa shape index (κ1) is 14.5. The van der Waals surface area contributed by atoms with Crippen molar-refractivity contribution in [1.82, 2.24) is 0 Å². The van der Waals surface area contributed by atoms with Crippen molar-refractivity contribution in [2.45, 2.75) is 19.4 Å². The molecule has 0 heterocycles. The summed E-state index contributed by atoms with van der Waals surface area (Å²) in [6, 6.07) is 9.00. The van der Waals surface area contributed by atoms with Crippen LogP contribution in [0.25, 0.3) is 0 Å². The summed E-state index contributed by atoms with van der Waals surface area (Å²) in [4.78, 5) is 0. The van der Waals surface area contributed by atoms with Gasteiger partial charge in [-0.05, 0) is 47.9 Å². The molecule has 0 aliphatic carbocycles. The van der Waals surface area contributed by atoms with Crippen molar-refractivity contribution < 1.29 is 18.6 Å². The van der Waals surface area contributed by atoms with Gasteiger partial charge in [-0.15, -0.1) is 0 Å². The topological polar surface area (TPSA) is 29.5 Å². The van der Waals surface area contributed by atoms with Crippen molar-refractivity contribution in [1.29, 1.82) is 0 Å². The van der Waals surface area contributed by atoms with Crippen LogP contribution in [-0.4, -0.2) is 12.2 Å². The Morgan fingerprint density at radius 2 is 1.85 bits per heavy atom. The predicted molar refractivity (Wildman–Crippen MR) is 72.8 cm³/mol. The monoisotopic (exact) mass is 278 g/mol. The van der Waals surface area contributed by atoms with Crippen LogP contribution in [0, 0.1) is 18.6 Å². The molecule has 0 aliphatic rings. The summed E-state index contributed by atoms with van der Waals surface area (Å²) in [6.45, 7) is 1.88. The quantitative estimate of drug-likeness (QED) is 0.926. The van der Waals surface area contributed by atoms with Crippen molar-refractivity contribution in [3.05, 3.63) is 64.7 Å². The standard InChI is InChI=1S/C16H16F2O2/c1-10-7-12(4-6-16(10)20-2)15(19)9-11-3-5-13(17)14(18)8-11/h3-8,15,19H,9H2,1-2H3. The van der Waals surface area contributed by atoms with E-state index in [1.54, 1.807) is 19.2 Å². The molecule has 2 rings (SSSR count). The van der Waals surface area contributed by atoms with E-state index in [2.05, 4.69) is 0 Å². The summed E-state index contributed by atoms with van der Waals surface area (Å²) < 4.78 is 31.1. The molecule has 0 fully saturated rings. The molecule has 2 nitrogen and oxygen atoms in total. The molecular formula is C16H16F2O2. The first-order valence-electron chi connectivity index (χ1n) is 6.28. The third-order valence-electron chi connectivity index (χ3n) is 3.22. The van der Waals surface area contributed by atoms with Crippen LogP contribution < -0.4 is 4.74 Å². The van der Waals surface area contributed by atoms with E-state index in [1.807, 2.05) is 13.0 Å². The van der Waals surface area contributed by atoms with E-state index in [4.69, 9.17) is 4.74 Å². The van der Waals surface area contributed by atoms with E-state index in [9.17, 15) is 13.9 Å². The number of methoxy groups -OCH3 is 1. The largest absolute Gasteiger partial charge is 0.496 e. The van der Waals surface area contributed by atoms with Crippen LogP contribution in [0.2, 0.25) is 0 Å². The van der Waals surface area contributed by atoms with Crippen LogP contribution in [0.3, 0.4) is 0 Å². The van der Waals surface area contributed by atoms with Crippen LogP contribution in [0.5, 0.6) is 5.75 Å². The van der Waals surface area contributed by atoms with E-state index in [0.717, 1.165) is 23.4 Å². The lowest BCUT2D eigenvalue weighted by molar-refractivity contribution is 0.178. The average Bonchev–Trinajstić information content (AvgIpc) is 2.42. The van der Waals surface area contributed by atoms with Crippen molar-refractivity contribution >= 4 is 0 Å². The van der Waals surface area contributed by atoms with Crippen molar-refractivity contribution in [2.75, 3.05) is 7.11 Å². The Labute approximate surface area is 116 Å². The van der Waals surface area contributed by atoms with E-state index in [1.165, 1.54) is 6.07 Å². The van der Waals surface area contributed by atoms with Gasteiger partial charge in [0.1, 0.15) is 5.75 Å². The van der Waals surface area contributed by atoms with Crippen LogP contribution >= 0.6 is 0 Å². The highest BCUT2D eigenvalue weighted by Crippen LogP contribution is 2.25. The summed E-state index contributed by atoms with van der Waals surface area (Å²) in [6.07, 6.45) is -0.548. The summed E-state index contributed by atoms with van der Waals surface area (Å²) in [5.41, 5.74) is 2.17. The number of aliphatic hydroxyl groups is 1. The van der Waals surface area contributed by atoms with Crippen molar-refractivity contribution in [3.8, 4) is 5.75 Å². The van der Waals surface area contributed by atoms with E-state index in [-0.39, 0.29) is 6.42 Å². The van der Waals surface area contributed by atoms with Gasteiger partial charge in [0.15, 0.2) is 11.6 Å². The summed E-state index contributed by atoms with van der Waals surface area (Å²) >= 11 is 0. The zero-order valence-electron chi connectivity index (χ0n) is 11.4.